The maximum Gasteiger partial charge on any atom is 0.251 e. The fraction of sp³-hybridized carbons (Fsp3) is 0.158. The Hall–Kier alpha value is -3.08. The molecule has 0 unspecified atom stereocenters. The van der Waals surface area contributed by atoms with Crippen molar-refractivity contribution in [3.05, 3.63) is 83.7 Å². The Kier molecular flexibility index (Phi) is 4.91. The first-order chi connectivity index (χ1) is 11.8. The van der Waals surface area contributed by atoms with E-state index in [1.807, 2.05) is 35.1 Å². The Labute approximate surface area is 140 Å². The molecule has 3 aromatic rings. The highest BCUT2D eigenvalue weighted by atomic mass is 16.5. The van der Waals surface area contributed by atoms with Gasteiger partial charge in [0, 0.05) is 24.5 Å². The number of hydrogen-bond acceptors (Lipinski definition) is 3. The minimum atomic E-state index is -0.105. The van der Waals surface area contributed by atoms with Gasteiger partial charge in [-0.3, -0.25) is 9.48 Å². The molecule has 0 aliphatic carbocycles. The van der Waals surface area contributed by atoms with Gasteiger partial charge in [-0.05, 0) is 41.5 Å². The first kappa shape index (κ1) is 15.8. The van der Waals surface area contributed by atoms with Gasteiger partial charge in [0.15, 0.2) is 0 Å². The third kappa shape index (κ3) is 3.81. The summed E-state index contributed by atoms with van der Waals surface area (Å²) in [6, 6.07) is 17.0. The van der Waals surface area contributed by atoms with Crippen LogP contribution in [0.1, 0.15) is 21.5 Å². The van der Waals surface area contributed by atoms with Crippen LogP contribution in [-0.4, -0.2) is 22.8 Å². The van der Waals surface area contributed by atoms with E-state index in [9.17, 15) is 4.79 Å². The number of carbonyl (C=O) groups excluding carboxylic acids is 1. The average molecular weight is 321 g/mol. The van der Waals surface area contributed by atoms with Crippen molar-refractivity contribution in [1.29, 1.82) is 0 Å². The molecular weight excluding hydrogens is 302 g/mol. The highest BCUT2D eigenvalue weighted by Gasteiger charge is 2.08. The summed E-state index contributed by atoms with van der Waals surface area (Å²) in [4.78, 5) is 12.3. The molecule has 0 atom stereocenters. The number of nitrogens with one attached hydrogen (secondary N) is 1. The molecule has 1 heterocycles. The minimum absolute atomic E-state index is 0.105. The van der Waals surface area contributed by atoms with Crippen LogP contribution in [0.15, 0.2) is 67.0 Å². The summed E-state index contributed by atoms with van der Waals surface area (Å²) in [5.74, 6) is 0.627. The van der Waals surface area contributed by atoms with Crippen molar-refractivity contribution in [1.82, 2.24) is 15.1 Å². The van der Waals surface area contributed by atoms with Gasteiger partial charge in [0.1, 0.15) is 5.75 Å². The topological polar surface area (TPSA) is 56.1 Å². The van der Waals surface area contributed by atoms with Crippen molar-refractivity contribution in [3.63, 3.8) is 0 Å². The van der Waals surface area contributed by atoms with Gasteiger partial charge in [0.05, 0.1) is 13.7 Å². The van der Waals surface area contributed by atoms with E-state index in [4.69, 9.17) is 4.74 Å². The third-order valence-electron chi connectivity index (χ3n) is 3.80. The van der Waals surface area contributed by atoms with E-state index in [1.165, 1.54) is 0 Å². The number of carbonyl (C=O) groups is 1. The summed E-state index contributed by atoms with van der Waals surface area (Å²) in [7, 11) is 1.60. The Morgan fingerprint density at radius 1 is 1.08 bits per heavy atom. The molecule has 5 nitrogen and oxygen atoms in total. The van der Waals surface area contributed by atoms with Crippen molar-refractivity contribution in [3.8, 4) is 5.75 Å². The summed E-state index contributed by atoms with van der Waals surface area (Å²) >= 11 is 0. The second-order valence-electron chi connectivity index (χ2n) is 5.38. The van der Waals surface area contributed by atoms with Crippen LogP contribution in [0.2, 0.25) is 0 Å². The first-order valence-corrected chi connectivity index (χ1v) is 7.73. The van der Waals surface area contributed by atoms with E-state index >= 15 is 0 Å². The molecule has 0 saturated carbocycles. The highest BCUT2D eigenvalue weighted by molar-refractivity contribution is 5.94. The minimum Gasteiger partial charge on any atom is -0.497 e. The smallest absolute Gasteiger partial charge is 0.251 e. The molecule has 0 aliphatic heterocycles. The van der Waals surface area contributed by atoms with Crippen LogP contribution < -0.4 is 10.1 Å². The molecule has 0 fully saturated rings. The molecule has 5 heteroatoms. The first-order valence-electron chi connectivity index (χ1n) is 7.73. The maximum atomic E-state index is 12.3. The molecule has 2 aromatic carbocycles. The predicted octanol–water partition coefficient (Wildman–Crippen LogP) is 2.87. The van der Waals surface area contributed by atoms with Gasteiger partial charge in [-0.15, -0.1) is 0 Å². The Morgan fingerprint density at radius 2 is 1.83 bits per heavy atom. The summed E-state index contributed by atoms with van der Waals surface area (Å²) < 4.78 is 6.97. The normalized spacial score (nSPS) is 10.4. The SMILES string of the molecule is COc1ccc(C(=O)NCc2ccccc2Cn2cccn2)cc1. The summed E-state index contributed by atoms with van der Waals surface area (Å²) in [6.07, 6.45) is 3.68. The molecule has 1 amide bonds. The lowest BCUT2D eigenvalue weighted by atomic mass is 10.1. The fourth-order valence-corrected chi connectivity index (χ4v) is 2.47. The molecule has 3 rings (SSSR count). The van der Waals surface area contributed by atoms with Crippen molar-refractivity contribution in [2.45, 2.75) is 13.1 Å². The van der Waals surface area contributed by atoms with Gasteiger partial charge < -0.3 is 10.1 Å². The van der Waals surface area contributed by atoms with Crippen LogP contribution in [0.3, 0.4) is 0 Å². The Morgan fingerprint density at radius 3 is 2.50 bits per heavy atom. The number of methoxy groups -OCH3 is 1. The van der Waals surface area contributed by atoms with Crippen LogP contribution >= 0.6 is 0 Å². The van der Waals surface area contributed by atoms with Gasteiger partial charge in [0.25, 0.3) is 5.91 Å². The standard InChI is InChI=1S/C19H19N3O2/c1-24-18-9-7-15(8-10-18)19(23)20-13-16-5-2-3-6-17(16)14-22-12-4-11-21-22/h2-12H,13-14H2,1H3,(H,20,23). The lowest BCUT2D eigenvalue weighted by Gasteiger charge is -2.11. The zero-order valence-electron chi connectivity index (χ0n) is 13.5. The number of ether oxygens (including phenoxy) is 1. The van der Waals surface area contributed by atoms with E-state index in [0.29, 0.717) is 18.7 Å². The van der Waals surface area contributed by atoms with Gasteiger partial charge in [-0.2, -0.15) is 5.10 Å². The van der Waals surface area contributed by atoms with Crippen LogP contribution in [-0.2, 0) is 13.1 Å². The molecular formula is C19H19N3O2. The summed E-state index contributed by atoms with van der Waals surface area (Å²) in [5.41, 5.74) is 2.83. The summed E-state index contributed by atoms with van der Waals surface area (Å²) in [6.45, 7) is 1.16. The lowest BCUT2D eigenvalue weighted by Crippen LogP contribution is -2.23. The molecule has 1 aromatic heterocycles. The summed E-state index contributed by atoms with van der Waals surface area (Å²) in [5, 5.41) is 7.19. The lowest BCUT2D eigenvalue weighted by molar-refractivity contribution is 0.0951. The van der Waals surface area contributed by atoms with Crippen LogP contribution in [0.4, 0.5) is 0 Å². The predicted molar refractivity (Wildman–Crippen MR) is 91.9 cm³/mol. The van der Waals surface area contributed by atoms with Crippen molar-refractivity contribution in [2.24, 2.45) is 0 Å². The van der Waals surface area contributed by atoms with Crippen LogP contribution in [0.5, 0.6) is 5.75 Å². The fourth-order valence-electron chi connectivity index (χ4n) is 2.47. The second kappa shape index (κ2) is 7.46. The average Bonchev–Trinajstić information content (AvgIpc) is 3.14. The third-order valence-corrected chi connectivity index (χ3v) is 3.80. The van der Waals surface area contributed by atoms with E-state index in [-0.39, 0.29) is 5.91 Å². The van der Waals surface area contributed by atoms with Crippen LogP contribution in [0, 0.1) is 0 Å². The zero-order chi connectivity index (χ0) is 16.8. The molecule has 24 heavy (non-hydrogen) atoms. The van der Waals surface area contributed by atoms with E-state index in [0.717, 1.165) is 16.9 Å². The van der Waals surface area contributed by atoms with E-state index < -0.39 is 0 Å². The molecule has 0 aliphatic rings. The van der Waals surface area contributed by atoms with Crippen LogP contribution in [0.25, 0.3) is 0 Å². The maximum absolute atomic E-state index is 12.3. The molecule has 0 saturated heterocycles. The monoisotopic (exact) mass is 321 g/mol. The van der Waals surface area contributed by atoms with Crippen molar-refractivity contribution >= 4 is 5.91 Å². The van der Waals surface area contributed by atoms with E-state index in [1.54, 1.807) is 37.6 Å². The Balaban J connectivity index is 1.66. The van der Waals surface area contributed by atoms with Gasteiger partial charge in [0.2, 0.25) is 0 Å². The number of rotatable bonds is 6. The van der Waals surface area contributed by atoms with Gasteiger partial charge >= 0.3 is 0 Å². The molecule has 0 radical (unpaired) electrons. The van der Waals surface area contributed by atoms with Gasteiger partial charge in [-0.1, -0.05) is 24.3 Å². The molecule has 122 valence electrons. The van der Waals surface area contributed by atoms with Gasteiger partial charge in [-0.25, -0.2) is 0 Å². The zero-order valence-corrected chi connectivity index (χ0v) is 13.5. The second-order valence-corrected chi connectivity index (χ2v) is 5.38. The van der Waals surface area contributed by atoms with E-state index in [2.05, 4.69) is 16.5 Å². The highest BCUT2D eigenvalue weighted by Crippen LogP contribution is 2.13. The number of aromatic nitrogens is 2. The molecule has 0 spiro atoms. The number of amides is 1. The van der Waals surface area contributed by atoms with Crippen molar-refractivity contribution < 1.29 is 9.53 Å². The molecule has 1 N–H and O–H groups in total. The Bertz CT molecular complexity index is 796. The number of benzene rings is 2. The molecule has 0 bridgehead atoms. The number of hydrogen-bond donors (Lipinski definition) is 1. The van der Waals surface area contributed by atoms with Crippen molar-refractivity contribution in [2.75, 3.05) is 7.11 Å². The quantitative estimate of drug-likeness (QED) is 0.759. The largest absolute Gasteiger partial charge is 0.497 e. The number of nitrogens with zero attached hydrogens (tertiary/aromatic N) is 2.